The molecule has 0 amide bonds. The summed E-state index contributed by atoms with van der Waals surface area (Å²) < 4.78 is 25.6. The molecule has 0 atom stereocenters. The lowest BCUT2D eigenvalue weighted by Gasteiger charge is -2.09. The molecule has 152 valence electrons. The van der Waals surface area contributed by atoms with Gasteiger partial charge in [0, 0.05) is 35.9 Å². The van der Waals surface area contributed by atoms with E-state index in [0.29, 0.717) is 18.1 Å². The monoisotopic (exact) mass is 404 g/mol. The van der Waals surface area contributed by atoms with Gasteiger partial charge in [-0.05, 0) is 54.1 Å². The molecule has 3 heterocycles. The van der Waals surface area contributed by atoms with Crippen molar-refractivity contribution in [3.63, 3.8) is 0 Å². The lowest BCUT2D eigenvalue weighted by atomic mass is 10.0. The predicted molar refractivity (Wildman–Crippen MR) is 112 cm³/mol. The van der Waals surface area contributed by atoms with Crippen LogP contribution in [0, 0.1) is 0 Å². The Labute approximate surface area is 174 Å². The number of rotatable bonds is 8. The molecule has 3 aromatic heterocycles. The number of methoxy groups -OCH3 is 1. The molecule has 0 spiro atoms. The first-order valence-corrected chi connectivity index (χ1v) is 9.53. The van der Waals surface area contributed by atoms with Gasteiger partial charge in [0.2, 0.25) is 0 Å². The highest BCUT2D eigenvalue weighted by molar-refractivity contribution is 5.80. The summed E-state index contributed by atoms with van der Waals surface area (Å²) in [6.45, 7) is 0.0443. The fourth-order valence-electron chi connectivity index (χ4n) is 3.16. The van der Waals surface area contributed by atoms with E-state index in [4.69, 9.17) is 9.47 Å². The van der Waals surface area contributed by atoms with Crippen LogP contribution >= 0.6 is 0 Å². The van der Waals surface area contributed by atoms with Gasteiger partial charge in [0.05, 0.1) is 13.7 Å². The van der Waals surface area contributed by atoms with Gasteiger partial charge in [0.25, 0.3) is 0 Å². The average molecular weight is 404 g/mol. The molecule has 6 nitrogen and oxygen atoms in total. The summed E-state index contributed by atoms with van der Waals surface area (Å²) in [6.07, 6.45) is 7.03. The molecule has 0 aliphatic heterocycles. The lowest BCUT2D eigenvalue weighted by molar-refractivity contribution is 0.291. The third-order valence-electron chi connectivity index (χ3n) is 4.64. The van der Waals surface area contributed by atoms with Gasteiger partial charge in [0.15, 0.2) is 0 Å². The van der Waals surface area contributed by atoms with E-state index < -0.39 is 6.67 Å². The minimum absolute atomic E-state index is 0.213. The highest BCUT2D eigenvalue weighted by Gasteiger charge is 2.13. The number of pyridine rings is 2. The van der Waals surface area contributed by atoms with Crippen LogP contribution in [-0.2, 0) is 13.2 Å². The van der Waals surface area contributed by atoms with Crippen LogP contribution in [0.4, 0.5) is 4.39 Å². The third kappa shape index (κ3) is 4.30. The number of alkyl halides is 1. The second-order valence-corrected chi connectivity index (χ2v) is 6.54. The molecule has 0 saturated carbocycles. The van der Waals surface area contributed by atoms with Crippen molar-refractivity contribution in [1.82, 2.24) is 19.7 Å². The number of aromatic nitrogens is 4. The van der Waals surface area contributed by atoms with Crippen molar-refractivity contribution in [2.75, 3.05) is 13.8 Å². The average Bonchev–Trinajstić information content (AvgIpc) is 3.23. The standard InChI is InChI=1S/C23H21FN4O2/c1-29-22-3-2-11-26-21(22)16-30-19-6-4-18(5-7-19)23-20(15-28(27-23)14-10-24)17-8-12-25-13-9-17/h2-9,11-13,15H,10,14,16H2,1H3. The van der Waals surface area contributed by atoms with E-state index in [1.54, 1.807) is 30.4 Å². The molecule has 0 N–H and O–H groups in total. The summed E-state index contributed by atoms with van der Waals surface area (Å²) in [4.78, 5) is 8.36. The molecule has 30 heavy (non-hydrogen) atoms. The van der Waals surface area contributed by atoms with E-state index in [1.807, 2.05) is 54.7 Å². The Morgan fingerprint density at radius 1 is 0.967 bits per heavy atom. The molecular weight excluding hydrogens is 383 g/mol. The largest absolute Gasteiger partial charge is 0.495 e. The number of benzene rings is 1. The van der Waals surface area contributed by atoms with Crippen molar-refractivity contribution in [3.8, 4) is 33.9 Å². The van der Waals surface area contributed by atoms with E-state index in [0.717, 1.165) is 28.1 Å². The van der Waals surface area contributed by atoms with Crippen molar-refractivity contribution in [3.05, 3.63) is 79.0 Å². The summed E-state index contributed by atoms with van der Waals surface area (Å²) in [5.74, 6) is 1.40. The third-order valence-corrected chi connectivity index (χ3v) is 4.64. The Hall–Kier alpha value is -3.74. The summed E-state index contributed by atoms with van der Waals surface area (Å²) in [7, 11) is 1.61. The number of nitrogens with zero attached hydrogens (tertiary/aromatic N) is 4. The maximum absolute atomic E-state index is 12.9. The second-order valence-electron chi connectivity index (χ2n) is 6.54. The van der Waals surface area contributed by atoms with Crippen LogP contribution in [0.25, 0.3) is 22.4 Å². The van der Waals surface area contributed by atoms with Crippen molar-refractivity contribution in [1.29, 1.82) is 0 Å². The SMILES string of the molecule is COc1cccnc1COc1ccc(-c2nn(CCF)cc2-c2ccncc2)cc1. The molecule has 1 aromatic carbocycles. The van der Waals surface area contributed by atoms with Gasteiger partial charge < -0.3 is 9.47 Å². The van der Waals surface area contributed by atoms with Gasteiger partial charge in [0.1, 0.15) is 36.2 Å². The van der Waals surface area contributed by atoms with Crippen molar-refractivity contribution in [2.45, 2.75) is 13.2 Å². The van der Waals surface area contributed by atoms with E-state index in [1.165, 1.54) is 0 Å². The normalized spacial score (nSPS) is 10.7. The topological polar surface area (TPSA) is 62.1 Å². The maximum atomic E-state index is 12.9. The maximum Gasteiger partial charge on any atom is 0.143 e. The Morgan fingerprint density at radius 3 is 2.50 bits per heavy atom. The van der Waals surface area contributed by atoms with Gasteiger partial charge in [-0.3, -0.25) is 14.6 Å². The van der Waals surface area contributed by atoms with E-state index in [2.05, 4.69) is 15.1 Å². The lowest BCUT2D eigenvalue weighted by Crippen LogP contribution is -2.01. The fourth-order valence-corrected chi connectivity index (χ4v) is 3.16. The minimum atomic E-state index is -0.472. The number of halogens is 1. The molecule has 0 unspecified atom stereocenters. The van der Waals surface area contributed by atoms with E-state index in [9.17, 15) is 4.39 Å². The second kappa shape index (κ2) is 9.17. The van der Waals surface area contributed by atoms with E-state index >= 15 is 0 Å². The van der Waals surface area contributed by atoms with Gasteiger partial charge in [-0.15, -0.1) is 0 Å². The highest BCUT2D eigenvalue weighted by Crippen LogP contribution is 2.32. The molecule has 0 fully saturated rings. The molecule has 0 radical (unpaired) electrons. The number of hydrogen-bond donors (Lipinski definition) is 0. The first kappa shape index (κ1) is 19.6. The van der Waals surface area contributed by atoms with Crippen LogP contribution in [0.2, 0.25) is 0 Å². The van der Waals surface area contributed by atoms with Crippen molar-refractivity contribution < 1.29 is 13.9 Å². The summed E-state index contributed by atoms with van der Waals surface area (Å²) in [6, 6.07) is 15.2. The molecular formula is C23H21FN4O2. The summed E-state index contributed by atoms with van der Waals surface area (Å²) >= 11 is 0. The molecule has 4 aromatic rings. The quantitative estimate of drug-likeness (QED) is 0.431. The Bertz CT molecular complexity index is 1100. The Morgan fingerprint density at radius 2 is 1.77 bits per heavy atom. The summed E-state index contributed by atoms with van der Waals surface area (Å²) in [5.41, 5.74) is 4.34. The zero-order valence-electron chi connectivity index (χ0n) is 16.5. The van der Waals surface area contributed by atoms with Crippen LogP contribution < -0.4 is 9.47 Å². The molecule has 4 rings (SSSR count). The van der Waals surface area contributed by atoms with Crippen LogP contribution in [0.15, 0.2) is 73.3 Å². The minimum Gasteiger partial charge on any atom is -0.495 e. The zero-order chi connectivity index (χ0) is 20.8. The van der Waals surface area contributed by atoms with Crippen molar-refractivity contribution in [2.24, 2.45) is 0 Å². The van der Waals surface area contributed by atoms with Gasteiger partial charge in [-0.25, -0.2) is 4.39 Å². The van der Waals surface area contributed by atoms with Crippen LogP contribution in [-0.4, -0.2) is 33.5 Å². The molecule has 7 heteroatoms. The molecule has 0 saturated heterocycles. The van der Waals surface area contributed by atoms with Crippen molar-refractivity contribution >= 4 is 0 Å². The Kier molecular flexibility index (Phi) is 5.98. The fraction of sp³-hybridized carbons (Fsp3) is 0.174. The number of aryl methyl sites for hydroxylation is 1. The number of ether oxygens (including phenoxy) is 2. The molecule has 0 bridgehead atoms. The van der Waals surface area contributed by atoms with Crippen LogP contribution in [0.3, 0.4) is 0 Å². The molecule has 0 aliphatic rings. The first-order valence-electron chi connectivity index (χ1n) is 9.53. The van der Waals surface area contributed by atoms with E-state index in [-0.39, 0.29) is 6.54 Å². The number of hydrogen-bond acceptors (Lipinski definition) is 5. The van der Waals surface area contributed by atoms with Gasteiger partial charge >= 0.3 is 0 Å². The van der Waals surface area contributed by atoms with Crippen LogP contribution in [0.5, 0.6) is 11.5 Å². The zero-order valence-corrected chi connectivity index (χ0v) is 16.5. The molecule has 0 aliphatic carbocycles. The first-order chi connectivity index (χ1) is 14.8. The van der Waals surface area contributed by atoms with Crippen LogP contribution in [0.1, 0.15) is 5.69 Å². The van der Waals surface area contributed by atoms with Gasteiger partial charge in [-0.2, -0.15) is 5.10 Å². The van der Waals surface area contributed by atoms with Gasteiger partial charge in [-0.1, -0.05) is 0 Å². The Balaban J connectivity index is 1.56. The summed E-state index contributed by atoms with van der Waals surface area (Å²) in [5, 5.41) is 4.58. The highest BCUT2D eigenvalue weighted by atomic mass is 19.1. The predicted octanol–water partition coefficient (Wildman–Crippen LogP) is 4.56. The smallest absolute Gasteiger partial charge is 0.143 e.